The van der Waals surface area contributed by atoms with Gasteiger partial charge in [0.2, 0.25) is 0 Å². The molecule has 0 saturated heterocycles. The van der Waals surface area contributed by atoms with Gasteiger partial charge in [-0.05, 0) is 61.7 Å². The van der Waals surface area contributed by atoms with Crippen molar-refractivity contribution in [2.75, 3.05) is 18.8 Å². The van der Waals surface area contributed by atoms with Gasteiger partial charge < -0.3 is 21.5 Å². The lowest BCUT2D eigenvalue weighted by Gasteiger charge is -2.28. The molecule has 0 radical (unpaired) electrons. The highest BCUT2D eigenvalue weighted by Gasteiger charge is 2.31. The van der Waals surface area contributed by atoms with Gasteiger partial charge in [0.15, 0.2) is 0 Å². The molecule has 3 aromatic rings. The van der Waals surface area contributed by atoms with Gasteiger partial charge in [-0.3, -0.25) is 4.79 Å². The number of nitrogen functional groups attached to an aromatic ring is 1. The third-order valence-electron chi connectivity index (χ3n) is 6.65. The zero-order valence-corrected chi connectivity index (χ0v) is 22.3. The molecular weight excluding hydrogens is 563 g/mol. The maximum absolute atomic E-state index is 15.2. The zero-order valence-electron chi connectivity index (χ0n) is 20.7. The summed E-state index contributed by atoms with van der Waals surface area (Å²) in [6, 6.07) is 7.71. The summed E-state index contributed by atoms with van der Waals surface area (Å²) in [7, 11) is 0. The highest BCUT2D eigenvalue weighted by atomic mass is 79.9. The average Bonchev–Trinajstić information content (AvgIpc) is 2.87. The van der Waals surface area contributed by atoms with Gasteiger partial charge in [-0.1, -0.05) is 28.9 Å². The number of hydrogen-bond donors (Lipinski definition) is 4. The van der Waals surface area contributed by atoms with Crippen LogP contribution in [0.3, 0.4) is 0 Å². The Balaban J connectivity index is 1.56. The predicted octanol–water partition coefficient (Wildman–Crippen LogP) is 4.81. The smallest absolute Gasteiger partial charge is 0.254 e. The second kappa shape index (κ2) is 12.2. The van der Waals surface area contributed by atoms with Crippen molar-refractivity contribution >= 4 is 27.7 Å². The third-order valence-corrected chi connectivity index (χ3v) is 7.11. The van der Waals surface area contributed by atoms with Gasteiger partial charge in [-0.2, -0.15) is 0 Å². The topological polar surface area (TPSA) is 113 Å². The van der Waals surface area contributed by atoms with Gasteiger partial charge in [0, 0.05) is 22.5 Å². The normalized spacial score (nSPS) is 20.2. The first-order valence-electron chi connectivity index (χ1n) is 12.4. The van der Waals surface area contributed by atoms with Gasteiger partial charge in [0.05, 0.1) is 29.6 Å². The fraction of sp³-hybridized carbons (Fsp3) is 0.370. The first kappa shape index (κ1) is 28.0. The molecule has 1 amide bonds. The van der Waals surface area contributed by atoms with Crippen molar-refractivity contribution in [3.8, 4) is 11.3 Å². The molecule has 1 fully saturated rings. The number of alkyl halides is 1. The largest absolute Gasteiger partial charge is 0.390 e. The lowest BCUT2D eigenvalue weighted by atomic mass is 9.84. The first-order chi connectivity index (χ1) is 18.2. The Hall–Kier alpha value is -3.02. The van der Waals surface area contributed by atoms with Crippen LogP contribution in [0, 0.1) is 11.6 Å². The molecule has 1 aromatic heterocycles. The van der Waals surface area contributed by atoms with E-state index in [1.54, 1.807) is 6.07 Å². The van der Waals surface area contributed by atoms with Crippen LogP contribution in [0.5, 0.6) is 0 Å². The van der Waals surface area contributed by atoms with Crippen LogP contribution in [0.1, 0.15) is 59.8 Å². The molecule has 4 atom stereocenters. The lowest BCUT2D eigenvalue weighted by molar-refractivity contribution is 0.0363. The number of benzene rings is 2. The summed E-state index contributed by atoms with van der Waals surface area (Å²) in [5.41, 5.74) is 7.40. The second-order valence-electron chi connectivity index (χ2n) is 9.35. The molecule has 0 aliphatic heterocycles. The number of halogens is 4. The van der Waals surface area contributed by atoms with Crippen molar-refractivity contribution in [2.24, 2.45) is 0 Å². The highest BCUT2D eigenvalue weighted by molar-refractivity contribution is 9.10. The van der Waals surface area contributed by atoms with E-state index < -0.39 is 35.9 Å². The molecule has 11 heteroatoms. The molecule has 5 N–H and O–H groups in total. The number of aliphatic hydroxyl groups is 1. The number of aromatic nitrogens is 2. The Morgan fingerprint density at radius 1 is 1.24 bits per heavy atom. The number of aliphatic hydroxyl groups excluding tert-OH is 1. The summed E-state index contributed by atoms with van der Waals surface area (Å²) in [6.07, 6.45) is 0.108. The van der Waals surface area contributed by atoms with Crippen LogP contribution in [0.25, 0.3) is 11.3 Å². The van der Waals surface area contributed by atoms with E-state index >= 15 is 4.39 Å². The summed E-state index contributed by atoms with van der Waals surface area (Å²) in [4.78, 5) is 21.7. The van der Waals surface area contributed by atoms with Crippen molar-refractivity contribution in [3.63, 3.8) is 0 Å². The number of amides is 1. The lowest BCUT2D eigenvalue weighted by Crippen LogP contribution is -2.36. The Morgan fingerprint density at radius 2 is 2.03 bits per heavy atom. The number of carbonyl (C=O) groups is 1. The molecular formula is C27H29BrF3N5O2. The van der Waals surface area contributed by atoms with Crippen LogP contribution in [-0.2, 0) is 0 Å². The summed E-state index contributed by atoms with van der Waals surface area (Å²) < 4.78 is 43.8. The second-order valence-corrected chi connectivity index (χ2v) is 10.3. The molecule has 0 bridgehead atoms. The summed E-state index contributed by atoms with van der Waals surface area (Å²) in [5, 5.41) is 15.6. The fourth-order valence-electron chi connectivity index (χ4n) is 4.59. The number of anilines is 1. The molecule has 1 aliphatic rings. The monoisotopic (exact) mass is 591 g/mol. The standard InChI is InChI=1S/C27H29BrF3N5O2/c1-2-33-12-22(16-7-17(28)11-18(29)8-16)36-27(38)19-5-3-15(10-20(19)30)25-26(32)34-13-23(35-25)14-4-6-24(37)21(31)9-14/h3,5,7-8,10-11,13-14,21-22,24,33,37H,2,4,6,9,12H2,1H3,(H2,32,34)(H,36,38)/t14-,21-,22+,24-/m0/s1. The Labute approximate surface area is 227 Å². The van der Waals surface area contributed by atoms with Gasteiger partial charge in [0.1, 0.15) is 29.3 Å². The first-order valence-corrected chi connectivity index (χ1v) is 13.2. The zero-order chi connectivity index (χ0) is 27.4. The van der Waals surface area contributed by atoms with E-state index in [1.807, 2.05) is 6.92 Å². The number of likely N-dealkylation sites (N-methyl/N-ethyl adjacent to an activating group) is 1. The van der Waals surface area contributed by atoms with E-state index in [1.165, 1.54) is 30.5 Å². The Morgan fingerprint density at radius 3 is 2.71 bits per heavy atom. The molecule has 0 spiro atoms. The van der Waals surface area contributed by atoms with Gasteiger partial charge >= 0.3 is 0 Å². The van der Waals surface area contributed by atoms with Crippen molar-refractivity contribution in [1.82, 2.24) is 20.6 Å². The van der Waals surface area contributed by atoms with E-state index in [0.717, 1.165) is 6.07 Å². The Bertz CT molecular complexity index is 1290. The summed E-state index contributed by atoms with van der Waals surface area (Å²) >= 11 is 3.26. The highest BCUT2D eigenvalue weighted by Crippen LogP contribution is 2.35. The molecule has 1 heterocycles. The van der Waals surface area contributed by atoms with Crippen molar-refractivity contribution in [3.05, 3.63) is 75.5 Å². The summed E-state index contributed by atoms with van der Waals surface area (Å²) in [5.74, 6) is -2.10. The summed E-state index contributed by atoms with van der Waals surface area (Å²) in [6.45, 7) is 2.84. The van der Waals surface area contributed by atoms with Crippen LogP contribution in [0.4, 0.5) is 19.0 Å². The number of nitrogens with zero attached hydrogens (tertiary/aromatic N) is 2. The van der Waals surface area contributed by atoms with Crippen molar-refractivity contribution < 1.29 is 23.1 Å². The molecule has 38 heavy (non-hydrogen) atoms. The molecule has 4 rings (SSSR count). The van der Waals surface area contributed by atoms with E-state index in [-0.39, 0.29) is 29.4 Å². The third kappa shape index (κ3) is 6.51. The molecule has 0 unspecified atom stereocenters. The van der Waals surface area contributed by atoms with E-state index in [9.17, 15) is 18.7 Å². The van der Waals surface area contributed by atoms with Crippen LogP contribution in [0.15, 0.2) is 47.1 Å². The van der Waals surface area contributed by atoms with Gasteiger partial charge in [-0.25, -0.2) is 23.1 Å². The molecule has 1 aliphatic carbocycles. The predicted molar refractivity (Wildman–Crippen MR) is 142 cm³/mol. The van der Waals surface area contributed by atoms with Gasteiger partial charge in [0.25, 0.3) is 5.91 Å². The van der Waals surface area contributed by atoms with Crippen molar-refractivity contribution in [2.45, 2.75) is 50.4 Å². The Kier molecular flexibility index (Phi) is 9.01. The molecule has 202 valence electrons. The molecule has 1 saturated carbocycles. The minimum atomic E-state index is -1.35. The number of nitrogens with two attached hydrogens (primary N) is 1. The van der Waals surface area contributed by atoms with Crippen LogP contribution >= 0.6 is 15.9 Å². The number of rotatable bonds is 8. The van der Waals surface area contributed by atoms with Crippen molar-refractivity contribution in [1.29, 1.82) is 0 Å². The fourth-order valence-corrected chi connectivity index (χ4v) is 5.07. The number of nitrogens with one attached hydrogen (secondary N) is 2. The molecule has 7 nitrogen and oxygen atoms in total. The van der Waals surface area contributed by atoms with Crippen LogP contribution in [0.2, 0.25) is 0 Å². The minimum absolute atomic E-state index is 0.0698. The van der Waals surface area contributed by atoms with E-state index in [0.29, 0.717) is 47.2 Å². The number of hydrogen-bond acceptors (Lipinski definition) is 6. The van der Waals surface area contributed by atoms with E-state index in [2.05, 4.69) is 36.5 Å². The van der Waals surface area contributed by atoms with Crippen LogP contribution < -0.4 is 16.4 Å². The quantitative estimate of drug-likeness (QED) is 0.299. The minimum Gasteiger partial charge on any atom is -0.390 e. The maximum Gasteiger partial charge on any atom is 0.254 e. The van der Waals surface area contributed by atoms with Crippen LogP contribution in [-0.4, -0.2) is 46.3 Å². The van der Waals surface area contributed by atoms with Gasteiger partial charge in [-0.15, -0.1) is 0 Å². The molecule has 2 aromatic carbocycles. The maximum atomic E-state index is 15.2. The van der Waals surface area contributed by atoms with E-state index in [4.69, 9.17) is 5.73 Å². The average molecular weight is 592 g/mol. The number of carbonyl (C=O) groups excluding carboxylic acids is 1. The SMILES string of the molecule is CCNC[C@@H](NC(=O)c1ccc(-c2nc([C@H]3CC[C@H](O)[C@@H](F)C3)cnc2N)cc1F)c1cc(F)cc(Br)c1.